The molecule has 1 aromatic heterocycles. The van der Waals surface area contributed by atoms with E-state index in [0.29, 0.717) is 19.3 Å². The molecule has 7 atom stereocenters. The number of furan rings is 1. The van der Waals surface area contributed by atoms with Crippen LogP contribution in [0.3, 0.4) is 0 Å². The molecule has 3 N–H and O–H groups in total. The van der Waals surface area contributed by atoms with Crippen molar-refractivity contribution in [2.75, 3.05) is 13.2 Å². The van der Waals surface area contributed by atoms with E-state index in [9.17, 15) is 20.1 Å². The second-order valence-corrected chi connectivity index (χ2v) is 8.14. The number of ether oxygens (including phenoxy) is 1. The number of fused-ring (bicyclic) bond motifs is 2. The summed E-state index contributed by atoms with van der Waals surface area (Å²) in [5.74, 6) is -1.06. The topological polar surface area (TPSA) is 100 Å². The van der Waals surface area contributed by atoms with Crippen LogP contribution in [0.2, 0.25) is 0 Å². The molecule has 1 saturated heterocycles. The number of carbonyl (C=O) groups excluding carboxylic acids is 1. The first-order valence-electron chi connectivity index (χ1n) is 9.30. The van der Waals surface area contributed by atoms with Crippen molar-refractivity contribution < 1.29 is 29.3 Å². The van der Waals surface area contributed by atoms with Crippen LogP contribution in [-0.4, -0.2) is 40.6 Å². The van der Waals surface area contributed by atoms with E-state index in [4.69, 9.17) is 9.15 Å². The third kappa shape index (κ3) is 2.12. The first-order valence-corrected chi connectivity index (χ1v) is 9.30. The monoisotopic (exact) mass is 362 g/mol. The number of esters is 1. The fraction of sp³-hybridized carbons (Fsp3) is 0.650. The summed E-state index contributed by atoms with van der Waals surface area (Å²) in [5.41, 5.74) is -0.934. The molecule has 1 saturated carbocycles. The Hall–Kier alpha value is -1.63. The van der Waals surface area contributed by atoms with Gasteiger partial charge < -0.3 is 24.5 Å². The van der Waals surface area contributed by atoms with E-state index in [2.05, 4.69) is 0 Å². The molecule has 26 heavy (non-hydrogen) atoms. The molecule has 2 aliphatic carbocycles. The zero-order valence-electron chi connectivity index (χ0n) is 14.9. The third-order valence-electron chi connectivity index (χ3n) is 7.28. The summed E-state index contributed by atoms with van der Waals surface area (Å²) in [4.78, 5) is 13.2. The Morgan fingerprint density at radius 3 is 2.81 bits per heavy atom. The average molecular weight is 362 g/mol. The van der Waals surface area contributed by atoms with E-state index < -0.39 is 23.0 Å². The number of carbonyl (C=O) groups is 1. The molecular formula is C20H26O6. The lowest BCUT2D eigenvalue weighted by Gasteiger charge is -2.59. The molecule has 1 spiro atoms. The van der Waals surface area contributed by atoms with Crippen LogP contribution in [0.25, 0.3) is 0 Å². The molecule has 2 heterocycles. The molecule has 2 fully saturated rings. The van der Waals surface area contributed by atoms with Gasteiger partial charge in [0.2, 0.25) is 0 Å². The summed E-state index contributed by atoms with van der Waals surface area (Å²) < 4.78 is 10.9. The van der Waals surface area contributed by atoms with Crippen LogP contribution in [0.4, 0.5) is 0 Å². The molecule has 4 rings (SSSR count). The SMILES string of the molecule is C[C@@H]1C[C@@H](O)[C@@]2(CO)[C@H](CO)CC=C[C@@H]2[C@@]12C[C@@H](c1ccoc1)OC2=O. The lowest BCUT2D eigenvalue weighted by molar-refractivity contribution is -0.194. The minimum absolute atomic E-state index is 0.103. The van der Waals surface area contributed by atoms with E-state index in [-0.39, 0.29) is 36.9 Å². The number of cyclic esters (lactones) is 1. The van der Waals surface area contributed by atoms with E-state index in [1.807, 2.05) is 19.1 Å². The number of aliphatic hydroxyl groups is 3. The van der Waals surface area contributed by atoms with Gasteiger partial charge >= 0.3 is 5.97 Å². The predicted octanol–water partition coefficient (Wildman–Crippen LogP) is 1.82. The van der Waals surface area contributed by atoms with Gasteiger partial charge in [0.1, 0.15) is 6.10 Å². The first kappa shape index (κ1) is 17.8. The lowest BCUT2D eigenvalue weighted by Crippen LogP contribution is -2.64. The maximum atomic E-state index is 13.2. The predicted molar refractivity (Wildman–Crippen MR) is 91.7 cm³/mol. The highest BCUT2D eigenvalue weighted by molar-refractivity contribution is 5.81. The van der Waals surface area contributed by atoms with Crippen molar-refractivity contribution in [3.63, 3.8) is 0 Å². The minimum atomic E-state index is -0.930. The Bertz CT molecular complexity index is 697. The molecule has 142 valence electrons. The molecule has 0 amide bonds. The van der Waals surface area contributed by atoms with Crippen LogP contribution in [0, 0.1) is 28.6 Å². The molecule has 0 bridgehead atoms. The van der Waals surface area contributed by atoms with Gasteiger partial charge in [-0.15, -0.1) is 0 Å². The highest BCUT2D eigenvalue weighted by Gasteiger charge is 2.68. The molecule has 0 aromatic carbocycles. The lowest BCUT2D eigenvalue weighted by atomic mass is 9.44. The smallest absolute Gasteiger partial charge is 0.313 e. The summed E-state index contributed by atoms with van der Waals surface area (Å²) in [6, 6.07) is 1.80. The highest BCUT2D eigenvalue weighted by atomic mass is 16.6. The number of hydrogen-bond donors (Lipinski definition) is 3. The molecule has 1 aromatic rings. The zero-order valence-corrected chi connectivity index (χ0v) is 14.9. The zero-order chi connectivity index (χ0) is 18.5. The van der Waals surface area contributed by atoms with Crippen LogP contribution in [0.15, 0.2) is 35.2 Å². The van der Waals surface area contributed by atoms with Gasteiger partial charge in [0, 0.05) is 29.9 Å². The van der Waals surface area contributed by atoms with Gasteiger partial charge in [-0.05, 0) is 30.7 Å². The maximum Gasteiger partial charge on any atom is 0.313 e. The standard InChI is InChI=1S/C20H26O6/c1-12-7-17(23)20(11-22)14(9-21)3-2-4-16(20)19(12)8-15(26-18(19)24)13-5-6-25-10-13/h2,4-6,10,12,14-17,21-23H,3,7-9,11H2,1H3/t12-,14+,15+,16-,17-,19-,20+/m1/s1. The molecule has 6 nitrogen and oxygen atoms in total. The largest absolute Gasteiger partial charge is 0.472 e. The van der Waals surface area contributed by atoms with Gasteiger partial charge in [-0.2, -0.15) is 0 Å². The molecule has 0 unspecified atom stereocenters. The number of allylic oxidation sites excluding steroid dienone is 2. The Labute approximate surface area is 152 Å². The van der Waals surface area contributed by atoms with Gasteiger partial charge in [0.05, 0.1) is 30.7 Å². The van der Waals surface area contributed by atoms with Crippen molar-refractivity contribution in [1.29, 1.82) is 0 Å². The second kappa shape index (κ2) is 6.22. The van der Waals surface area contributed by atoms with Crippen molar-refractivity contribution in [2.45, 2.75) is 38.4 Å². The summed E-state index contributed by atoms with van der Waals surface area (Å²) in [5, 5.41) is 31.2. The first-order chi connectivity index (χ1) is 12.5. The average Bonchev–Trinajstić information content (AvgIpc) is 3.28. The number of rotatable bonds is 3. The Kier molecular flexibility index (Phi) is 4.25. The molecule has 6 heteroatoms. The van der Waals surface area contributed by atoms with E-state index in [1.54, 1.807) is 18.6 Å². The highest BCUT2D eigenvalue weighted by Crippen LogP contribution is 2.65. The summed E-state index contributed by atoms with van der Waals surface area (Å²) in [6.07, 6.45) is 7.36. The molecule has 1 aliphatic heterocycles. The minimum Gasteiger partial charge on any atom is -0.472 e. The third-order valence-corrected chi connectivity index (χ3v) is 7.28. The molecule has 3 aliphatic rings. The van der Waals surface area contributed by atoms with Crippen LogP contribution >= 0.6 is 0 Å². The van der Waals surface area contributed by atoms with E-state index >= 15 is 0 Å². The summed E-state index contributed by atoms with van der Waals surface area (Å²) in [6.45, 7) is 1.57. The summed E-state index contributed by atoms with van der Waals surface area (Å²) >= 11 is 0. The molecular weight excluding hydrogens is 336 g/mol. The normalized spacial score (nSPS) is 44.9. The fourth-order valence-corrected chi connectivity index (χ4v) is 5.78. The van der Waals surface area contributed by atoms with E-state index in [0.717, 1.165) is 5.56 Å². The van der Waals surface area contributed by atoms with Crippen LogP contribution in [-0.2, 0) is 9.53 Å². The Balaban J connectivity index is 1.81. The van der Waals surface area contributed by atoms with Crippen molar-refractivity contribution in [2.24, 2.45) is 28.6 Å². The van der Waals surface area contributed by atoms with Crippen LogP contribution in [0.1, 0.15) is 37.9 Å². The van der Waals surface area contributed by atoms with Gasteiger partial charge in [-0.3, -0.25) is 4.79 Å². The second-order valence-electron chi connectivity index (χ2n) is 8.14. The van der Waals surface area contributed by atoms with Gasteiger partial charge in [0.15, 0.2) is 0 Å². The van der Waals surface area contributed by atoms with Crippen LogP contribution in [0.5, 0.6) is 0 Å². The number of aliphatic hydroxyl groups excluding tert-OH is 3. The fourth-order valence-electron chi connectivity index (χ4n) is 5.78. The van der Waals surface area contributed by atoms with Crippen LogP contribution < -0.4 is 0 Å². The molecule has 0 radical (unpaired) electrons. The van der Waals surface area contributed by atoms with Crippen molar-refractivity contribution in [3.05, 3.63) is 36.3 Å². The maximum absolute atomic E-state index is 13.2. The van der Waals surface area contributed by atoms with Gasteiger partial charge in [-0.1, -0.05) is 19.1 Å². The van der Waals surface area contributed by atoms with Crippen molar-refractivity contribution >= 4 is 5.97 Å². The van der Waals surface area contributed by atoms with Crippen molar-refractivity contribution in [1.82, 2.24) is 0 Å². The quantitative estimate of drug-likeness (QED) is 0.560. The number of hydrogen-bond acceptors (Lipinski definition) is 6. The Morgan fingerprint density at radius 2 is 2.15 bits per heavy atom. The van der Waals surface area contributed by atoms with Gasteiger partial charge in [0.25, 0.3) is 0 Å². The van der Waals surface area contributed by atoms with Crippen molar-refractivity contribution in [3.8, 4) is 0 Å². The summed E-state index contributed by atoms with van der Waals surface area (Å²) in [7, 11) is 0. The van der Waals surface area contributed by atoms with E-state index in [1.165, 1.54) is 0 Å². The Morgan fingerprint density at radius 1 is 1.35 bits per heavy atom. The van der Waals surface area contributed by atoms with Gasteiger partial charge in [-0.25, -0.2) is 0 Å².